The van der Waals surface area contributed by atoms with E-state index in [1.54, 1.807) is 13.2 Å². The molecule has 3 N–H and O–H groups in total. The van der Waals surface area contributed by atoms with E-state index < -0.39 is 5.41 Å². The van der Waals surface area contributed by atoms with E-state index in [9.17, 15) is 4.79 Å². The fraction of sp³-hybridized carbons (Fsp3) is 0.583. The number of hydrogen-bond acceptors (Lipinski definition) is 5. The van der Waals surface area contributed by atoms with Gasteiger partial charge in [-0.3, -0.25) is 4.79 Å². The Labute approximate surface area is 107 Å². The van der Waals surface area contributed by atoms with Gasteiger partial charge in [-0.05, 0) is 20.3 Å². The van der Waals surface area contributed by atoms with E-state index in [-0.39, 0.29) is 5.91 Å². The molecule has 1 saturated heterocycles. The first kappa shape index (κ1) is 12.6. The SMILES string of the molecule is CNc1ncc(C)c(N2CCC(C)(C(N)=O)C2)n1. The number of carbonyl (C=O) groups excluding carboxylic acids is 1. The molecule has 6 heteroatoms. The van der Waals surface area contributed by atoms with Crippen LogP contribution in [0, 0.1) is 12.3 Å². The van der Waals surface area contributed by atoms with Gasteiger partial charge in [0.05, 0.1) is 5.41 Å². The molecule has 1 fully saturated rings. The van der Waals surface area contributed by atoms with Gasteiger partial charge < -0.3 is 16.0 Å². The Bertz CT molecular complexity index is 476. The Morgan fingerprint density at radius 3 is 2.89 bits per heavy atom. The second-order valence-electron chi connectivity index (χ2n) is 5.05. The van der Waals surface area contributed by atoms with Crippen LogP contribution in [0.3, 0.4) is 0 Å². The number of aryl methyl sites for hydroxylation is 1. The zero-order chi connectivity index (χ0) is 13.3. The van der Waals surface area contributed by atoms with Crippen LogP contribution in [0.5, 0.6) is 0 Å². The largest absolute Gasteiger partial charge is 0.369 e. The molecule has 1 aromatic heterocycles. The number of nitrogens with one attached hydrogen (secondary N) is 1. The second-order valence-corrected chi connectivity index (χ2v) is 5.05. The van der Waals surface area contributed by atoms with Crippen LogP contribution >= 0.6 is 0 Å². The Balaban J connectivity index is 2.26. The lowest BCUT2D eigenvalue weighted by Crippen LogP contribution is -2.37. The summed E-state index contributed by atoms with van der Waals surface area (Å²) in [5.74, 6) is 1.22. The van der Waals surface area contributed by atoms with Crippen molar-refractivity contribution in [3.05, 3.63) is 11.8 Å². The topological polar surface area (TPSA) is 84.1 Å². The predicted molar refractivity (Wildman–Crippen MR) is 70.4 cm³/mol. The molecule has 1 aromatic rings. The molecule has 6 nitrogen and oxygen atoms in total. The summed E-state index contributed by atoms with van der Waals surface area (Å²) in [6.45, 7) is 5.28. The molecule has 1 aliphatic heterocycles. The van der Waals surface area contributed by atoms with Gasteiger partial charge in [0, 0.05) is 31.9 Å². The minimum atomic E-state index is -0.461. The van der Waals surface area contributed by atoms with Crippen molar-refractivity contribution in [2.24, 2.45) is 11.1 Å². The maximum atomic E-state index is 11.5. The fourth-order valence-electron chi connectivity index (χ4n) is 2.22. The first-order valence-electron chi connectivity index (χ1n) is 6.02. The van der Waals surface area contributed by atoms with Gasteiger partial charge in [-0.1, -0.05) is 0 Å². The van der Waals surface area contributed by atoms with Crippen molar-refractivity contribution in [2.45, 2.75) is 20.3 Å². The molecule has 0 radical (unpaired) electrons. The van der Waals surface area contributed by atoms with Crippen molar-refractivity contribution in [1.29, 1.82) is 0 Å². The van der Waals surface area contributed by atoms with Crippen LogP contribution in [0.1, 0.15) is 18.9 Å². The molecule has 0 aromatic carbocycles. The Morgan fingerprint density at radius 1 is 1.61 bits per heavy atom. The van der Waals surface area contributed by atoms with Crippen molar-refractivity contribution in [3.63, 3.8) is 0 Å². The van der Waals surface area contributed by atoms with Gasteiger partial charge in [-0.25, -0.2) is 4.98 Å². The number of nitrogens with two attached hydrogens (primary N) is 1. The number of carbonyl (C=O) groups is 1. The highest BCUT2D eigenvalue weighted by molar-refractivity contribution is 5.82. The third-order valence-electron chi connectivity index (χ3n) is 3.54. The lowest BCUT2D eigenvalue weighted by Gasteiger charge is -2.23. The third-order valence-corrected chi connectivity index (χ3v) is 3.54. The molecule has 98 valence electrons. The van der Waals surface area contributed by atoms with E-state index in [1.807, 2.05) is 13.8 Å². The summed E-state index contributed by atoms with van der Waals surface area (Å²) >= 11 is 0. The number of hydrogen-bond donors (Lipinski definition) is 2. The van der Waals surface area contributed by atoms with E-state index in [2.05, 4.69) is 20.2 Å². The normalized spacial score (nSPS) is 23.2. The minimum absolute atomic E-state index is 0.245. The Hall–Kier alpha value is -1.85. The van der Waals surface area contributed by atoms with Gasteiger partial charge in [0.2, 0.25) is 11.9 Å². The predicted octanol–water partition coefficient (Wildman–Crippen LogP) is 0.528. The van der Waals surface area contributed by atoms with Gasteiger partial charge in [-0.15, -0.1) is 0 Å². The summed E-state index contributed by atoms with van der Waals surface area (Å²) in [6.07, 6.45) is 2.55. The average molecular weight is 249 g/mol. The van der Waals surface area contributed by atoms with E-state index in [1.165, 1.54) is 0 Å². The molecule has 0 spiro atoms. The van der Waals surface area contributed by atoms with Crippen LogP contribution in [0.25, 0.3) is 0 Å². The highest BCUT2D eigenvalue weighted by atomic mass is 16.1. The van der Waals surface area contributed by atoms with Gasteiger partial charge >= 0.3 is 0 Å². The maximum absolute atomic E-state index is 11.5. The highest BCUT2D eigenvalue weighted by Gasteiger charge is 2.39. The Morgan fingerprint density at radius 2 is 2.33 bits per heavy atom. The number of amides is 1. The molecule has 1 aliphatic rings. The van der Waals surface area contributed by atoms with Gasteiger partial charge in [0.15, 0.2) is 0 Å². The molecule has 0 bridgehead atoms. The smallest absolute Gasteiger partial charge is 0.225 e. The highest BCUT2D eigenvalue weighted by Crippen LogP contribution is 2.33. The van der Waals surface area contributed by atoms with Gasteiger partial charge in [0.1, 0.15) is 5.82 Å². The quantitative estimate of drug-likeness (QED) is 0.816. The average Bonchev–Trinajstić information content (AvgIpc) is 2.74. The van der Waals surface area contributed by atoms with Gasteiger partial charge in [0.25, 0.3) is 0 Å². The van der Waals surface area contributed by atoms with Crippen molar-refractivity contribution in [2.75, 3.05) is 30.4 Å². The standard InChI is InChI=1S/C12H19N5O/c1-8-6-15-11(14-3)16-9(8)17-5-4-12(2,7-17)10(13)18/h6H,4-5,7H2,1-3H3,(H2,13,18)(H,14,15,16). The summed E-state index contributed by atoms with van der Waals surface area (Å²) in [7, 11) is 1.78. The van der Waals surface area contributed by atoms with Crippen molar-refractivity contribution in [3.8, 4) is 0 Å². The molecule has 18 heavy (non-hydrogen) atoms. The van der Waals surface area contributed by atoms with Crippen molar-refractivity contribution in [1.82, 2.24) is 9.97 Å². The van der Waals surface area contributed by atoms with Crippen LogP contribution < -0.4 is 16.0 Å². The van der Waals surface area contributed by atoms with Crippen LogP contribution in [0.2, 0.25) is 0 Å². The zero-order valence-electron chi connectivity index (χ0n) is 11.0. The van der Waals surface area contributed by atoms with E-state index in [4.69, 9.17) is 5.73 Å². The summed E-state index contributed by atoms with van der Waals surface area (Å²) in [6, 6.07) is 0. The maximum Gasteiger partial charge on any atom is 0.225 e. The monoisotopic (exact) mass is 249 g/mol. The van der Waals surface area contributed by atoms with Crippen LogP contribution in [-0.4, -0.2) is 36.0 Å². The number of aromatic nitrogens is 2. The molecule has 2 rings (SSSR count). The minimum Gasteiger partial charge on any atom is -0.369 e. The third kappa shape index (κ3) is 2.10. The summed E-state index contributed by atoms with van der Waals surface area (Å²) in [4.78, 5) is 22.2. The number of anilines is 2. The molecule has 2 heterocycles. The second kappa shape index (κ2) is 4.44. The lowest BCUT2D eigenvalue weighted by molar-refractivity contribution is -0.125. The lowest BCUT2D eigenvalue weighted by atomic mass is 9.89. The van der Waals surface area contributed by atoms with Crippen LogP contribution in [0.4, 0.5) is 11.8 Å². The summed E-state index contributed by atoms with van der Waals surface area (Å²) in [5, 5.41) is 2.92. The summed E-state index contributed by atoms with van der Waals surface area (Å²) in [5.41, 5.74) is 6.00. The number of nitrogens with zero attached hydrogens (tertiary/aromatic N) is 3. The number of primary amides is 1. The fourth-order valence-corrected chi connectivity index (χ4v) is 2.22. The first-order valence-corrected chi connectivity index (χ1v) is 6.02. The molecule has 1 amide bonds. The molecular formula is C12H19N5O. The molecule has 1 atom stereocenters. The summed E-state index contributed by atoms with van der Waals surface area (Å²) < 4.78 is 0. The molecular weight excluding hydrogens is 230 g/mol. The van der Waals surface area contributed by atoms with E-state index in [0.29, 0.717) is 12.5 Å². The van der Waals surface area contributed by atoms with Crippen molar-refractivity contribution < 1.29 is 4.79 Å². The van der Waals surface area contributed by atoms with E-state index in [0.717, 1.165) is 24.3 Å². The number of rotatable bonds is 3. The Kier molecular flexibility index (Phi) is 3.11. The van der Waals surface area contributed by atoms with Crippen LogP contribution in [0.15, 0.2) is 6.20 Å². The van der Waals surface area contributed by atoms with Crippen LogP contribution in [-0.2, 0) is 4.79 Å². The van der Waals surface area contributed by atoms with E-state index >= 15 is 0 Å². The first-order chi connectivity index (χ1) is 8.46. The van der Waals surface area contributed by atoms with Crippen molar-refractivity contribution >= 4 is 17.7 Å². The zero-order valence-corrected chi connectivity index (χ0v) is 11.0. The molecule has 0 saturated carbocycles. The van der Waals surface area contributed by atoms with Gasteiger partial charge in [-0.2, -0.15) is 4.98 Å². The molecule has 1 unspecified atom stereocenters. The molecule has 0 aliphatic carbocycles.